The van der Waals surface area contributed by atoms with Gasteiger partial charge in [0.1, 0.15) is 0 Å². The van der Waals surface area contributed by atoms with Crippen LogP contribution in [0.5, 0.6) is 0 Å². The van der Waals surface area contributed by atoms with Gasteiger partial charge in [-0.15, -0.1) is 6.58 Å². The van der Waals surface area contributed by atoms with Crippen LogP contribution in [0.1, 0.15) is 19.8 Å². The van der Waals surface area contributed by atoms with Gasteiger partial charge in [-0.05, 0) is 19.8 Å². The topological polar surface area (TPSA) is 9.23 Å². The molecule has 10 heavy (non-hydrogen) atoms. The molecule has 0 spiro atoms. The first-order valence-electron chi connectivity index (χ1n) is 3.71. The Morgan fingerprint density at radius 2 is 2.30 bits per heavy atom. The standard InChI is InChI=1S/C9H16O/c1-3-5-7-9-10-8-6-4-2/h3-4,6H,1,5,7-9H2,2H3/b6-4+. The van der Waals surface area contributed by atoms with Gasteiger partial charge >= 0.3 is 0 Å². The van der Waals surface area contributed by atoms with Crippen LogP contribution in [0.25, 0.3) is 0 Å². The van der Waals surface area contributed by atoms with Crippen molar-refractivity contribution in [2.75, 3.05) is 13.2 Å². The van der Waals surface area contributed by atoms with Gasteiger partial charge in [-0.2, -0.15) is 0 Å². The van der Waals surface area contributed by atoms with Gasteiger partial charge < -0.3 is 4.74 Å². The van der Waals surface area contributed by atoms with E-state index in [1.54, 1.807) is 0 Å². The number of unbranched alkanes of at least 4 members (excludes halogenated alkanes) is 1. The SMILES string of the molecule is C=CCCCOC/C=C/C. The van der Waals surface area contributed by atoms with E-state index < -0.39 is 0 Å². The zero-order valence-electron chi connectivity index (χ0n) is 6.68. The second-order valence-electron chi connectivity index (χ2n) is 2.07. The van der Waals surface area contributed by atoms with Crippen molar-refractivity contribution in [1.82, 2.24) is 0 Å². The molecule has 0 aliphatic carbocycles. The molecule has 0 aromatic carbocycles. The quantitative estimate of drug-likeness (QED) is 0.407. The third kappa shape index (κ3) is 7.44. The molecule has 0 fully saturated rings. The van der Waals surface area contributed by atoms with Gasteiger partial charge in [0.15, 0.2) is 0 Å². The van der Waals surface area contributed by atoms with Crippen molar-refractivity contribution in [2.45, 2.75) is 19.8 Å². The van der Waals surface area contributed by atoms with Gasteiger partial charge in [-0.1, -0.05) is 18.2 Å². The highest BCUT2D eigenvalue weighted by atomic mass is 16.5. The molecule has 0 atom stereocenters. The molecule has 0 radical (unpaired) electrons. The average Bonchev–Trinajstić information content (AvgIpc) is 1.97. The molecule has 1 heteroatoms. The summed E-state index contributed by atoms with van der Waals surface area (Å²) in [5.41, 5.74) is 0. The van der Waals surface area contributed by atoms with Crippen LogP contribution in [-0.4, -0.2) is 13.2 Å². The van der Waals surface area contributed by atoms with Crippen LogP contribution < -0.4 is 0 Å². The van der Waals surface area contributed by atoms with Crippen molar-refractivity contribution >= 4 is 0 Å². The van der Waals surface area contributed by atoms with Crippen molar-refractivity contribution in [3.05, 3.63) is 24.8 Å². The summed E-state index contributed by atoms with van der Waals surface area (Å²) in [6.07, 6.45) is 8.05. The molecule has 0 aromatic heterocycles. The average molecular weight is 140 g/mol. The lowest BCUT2D eigenvalue weighted by atomic mass is 10.3. The Kier molecular flexibility index (Phi) is 7.97. The fourth-order valence-corrected chi connectivity index (χ4v) is 0.577. The smallest absolute Gasteiger partial charge is 0.0647 e. The van der Waals surface area contributed by atoms with Gasteiger partial charge in [0, 0.05) is 6.61 Å². The van der Waals surface area contributed by atoms with E-state index in [-0.39, 0.29) is 0 Å². The highest BCUT2D eigenvalue weighted by molar-refractivity contribution is 4.75. The largest absolute Gasteiger partial charge is 0.377 e. The lowest BCUT2D eigenvalue weighted by molar-refractivity contribution is 0.160. The van der Waals surface area contributed by atoms with Crippen molar-refractivity contribution in [2.24, 2.45) is 0 Å². The monoisotopic (exact) mass is 140 g/mol. The minimum atomic E-state index is 0.744. The molecule has 0 unspecified atom stereocenters. The Balaban J connectivity index is 2.83. The summed E-state index contributed by atoms with van der Waals surface area (Å²) in [6, 6.07) is 0. The van der Waals surface area contributed by atoms with Crippen molar-refractivity contribution < 1.29 is 4.74 Å². The van der Waals surface area contributed by atoms with E-state index >= 15 is 0 Å². The summed E-state index contributed by atoms with van der Waals surface area (Å²) >= 11 is 0. The van der Waals surface area contributed by atoms with Crippen LogP contribution in [0.15, 0.2) is 24.8 Å². The van der Waals surface area contributed by atoms with E-state index in [0.717, 1.165) is 26.1 Å². The molecular formula is C9H16O. The van der Waals surface area contributed by atoms with E-state index in [9.17, 15) is 0 Å². The molecule has 0 aliphatic rings. The summed E-state index contributed by atoms with van der Waals surface area (Å²) in [5.74, 6) is 0. The second kappa shape index (κ2) is 8.44. The van der Waals surface area contributed by atoms with Gasteiger partial charge in [0.2, 0.25) is 0 Å². The van der Waals surface area contributed by atoms with Gasteiger partial charge in [-0.3, -0.25) is 0 Å². The minimum Gasteiger partial charge on any atom is -0.377 e. The fourth-order valence-electron chi connectivity index (χ4n) is 0.577. The highest BCUT2D eigenvalue weighted by Gasteiger charge is 1.82. The maximum Gasteiger partial charge on any atom is 0.0647 e. The van der Waals surface area contributed by atoms with Gasteiger partial charge in [0.05, 0.1) is 6.61 Å². The maximum absolute atomic E-state index is 5.24. The molecule has 0 rings (SSSR count). The Labute approximate surface area is 63.4 Å². The van der Waals surface area contributed by atoms with Crippen molar-refractivity contribution in [3.8, 4) is 0 Å². The Morgan fingerprint density at radius 1 is 1.50 bits per heavy atom. The van der Waals surface area contributed by atoms with E-state index in [4.69, 9.17) is 4.74 Å². The summed E-state index contributed by atoms with van der Waals surface area (Å²) in [5, 5.41) is 0. The van der Waals surface area contributed by atoms with Crippen LogP contribution in [-0.2, 0) is 4.74 Å². The lowest BCUT2D eigenvalue weighted by Gasteiger charge is -1.96. The number of allylic oxidation sites excluding steroid dienone is 2. The Hall–Kier alpha value is -0.560. The normalized spacial score (nSPS) is 10.5. The first kappa shape index (κ1) is 9.44. The summed E-state index contributed by atoms with van der Waals surface area (Å²) in [7, 11) is 0. The summed E-state index contributed by atoms with van der Waals surface area (Å²) in [4.78, 5) is 0. The van der Waals surface area contributed by atoms with E-state index in [0.29, 0.717) is 0 Å². The fraction of sp³-hybridized carbons (Fsp3) is 0.556. The summed E-state index contributed by atoms with van der Waals surface area (Å²) in [6.45, 7) is 7.21. The minimum absolute atomic E-state index is 0.744. The van der Waals surface area contributed by atoms with Crippen LogP contribution >= 0.6 is 0 Å². The molecule has 58 valence electrons. The molecule has 0 aliphatic heterocycles. The number of hydrogen-bond acceptors (Lipinski definition) is 1. The third-order valence-corrected chi connectivity index (χ3v) is 1.15. The predicted octanol–water partition coefficient (Wildman–Crippen LogP) is 2.55. The molecule has 0 aromatic rings. The molecule has 0 N–H and O–H groups in total. The molecule has 0 heterocycles. The molecule has 1 nitrogen and oxygen atoms in total. The number of ether oxygens (including phenoxy) is 1. The predicted molar refractivity (Wildman–Crippen MR) is 45.1 cm³/mol. The highest BCUT2D eigenvalue weighted by Crippen LogP contribution is 1.89. The lowest BCUT2D eigenvalue weighted by Crippen LogP contribution is -1.92. The van der Waals surface area contributed by atoms with E-state index in [1.165, 1.54) is 0 Å². The second-order valence-corrected chi connectivity index (χ2v) is 2.07. The van der Waals surface area contributed by atoms with Crippen LogP contribution in [0.2, 0.25) is 0 Å². The van der Waals surface area contributed by atoms with Crippen LogP contribution in [0, 0.1) is 0 Å². The van der Waals surface area contributed by atoms with Crippen LogP contribution in [0.4, 0.5) is 0 Å². The molecule has 0 amide bonds. The number of rotatable bonds is 6. The maximum atomic E-state index is 5.24. The van der Waals surface area contributed by atoms with Gasteiger partial charge in [0.25, 0.3) is 0 Å². The van der Waals surface area contributed by atoms with Crippen molar-refractivity contribution in [1.29, 1.82) is 0 Å². The molecular weight excluding hydrogens is 124 g/mol. The third-order valence-electron chi connectivity index (χ3n) is 1.15. The zero-order valence-corrected chi connectivity index (χ0v) is 6.68. The first-order valence-corrected chi connectivity index (χ1v) is 3.71. The van der Waals surface area contributed by atoms with Crippen LogP contribution in [0.3, 0.4) is 0 Å². The number of hydrogen-bond donors (Lipinski definition) is 0. The van der Waals surface area contributed by atoms with Gasteiger partial charge in [-0.25, -0.2) is 0 Å². The zero-order chi connectivity index (χ0) is 7.66. The molecule has 0 bridgehead atoms. The van der Waals surface area contributed by atoms with Crippen molar-refractivity contribution in [3.63, 3.8) is 0 Å². The van der Waals surface area contributed by atoms with E-state index in [2.05, 4.69) is 6.58 Å². The Morgan fingerprint density at radius 3 is 2.90 bits per heavy atom. The molecule has 0 saturated carbocycles. The Bertz CT molecular complexity index is 94.9. The van der Waals surface area contributed by atoms with E-state index in [1.807, 2.05) is 25.2 Å². The first-order chi connectivity index (χ1) is 4.91. The molecule has 0 saturated heterocycles. The summed E-state index contributed by atoms with van der Waals surface area (Å²) < 4.78 is 5.24.